The maximum absolute atomic E-state index is 12.0. The van der Waals surface area contributed by atoms with E-state index in [9.17, 15) is 8.42 Å². The maximum atomic E-state index is 12.0. The smallest absolute Gasteiger partial charge is 0.260 e. The van der Waals surface area contributed by atoms with Crippen LogP contribution in [0.2, 0.25) is 0 Å². The van der Waals surface area contributed by atoms with E-state index in [4.69, 9.17) is 0 Å². The zero-order valence-corrected chi connectivity index (χ0v) is 28.7. The quantitative estimate of drug-likeness (QED) is 0.138. The Balaban J connectivity index is 1.28. The van der Waals surface area contributed by atoms with Crippen LogP contribution in [-0.4, -0.2) is 43.7 Å². The SMILES string of the molecule is CCC(C)Nc1ccc(N(C)c2ccc(N(C)c3ccc(/N=N/c4nc(S(=O)(=O)CC)ns4)cc3)c3ccccc23)c2ccccc12. The van der Waals surface area contributed by atoms with Crippen LogP contribution < -0.4 is 15.1 Å². The zero-order valence-electron chi connectivity index (χ0n) is 27.0. The third-order valence-electron chi connectivity index (χ3n) is 8.42. The van der Waals surface area contributed by atoms with E-state index < -0.39 is 9.84 Å². The van der Waals surface area contributed by atoms with Gasteiger partial charge in [-0.2, -0.15) is 9.36 Å². The van der Waals surface area contributed by atoms with Gasteiger partial charge in [0.05, 0.1) is 11.4 Å². The summed E-state index contributed by atoms with van der Waals surface area (Å²) in [6, 6.07) is 33.9. The Morgan fingerprint density at radius 1 is 0.745 bits per heavy atom. The minimum Gasteiger partial charge on any atom is -0.382 e. The van der Waals surface area contributed by atoms with Crippen molar-refractivity contribution < 1.29 is 8.42 Å². The molecule has 0 saturated carbocycles. The van der Waals surface area contributed by atoms with E-state index in [-0.39, 0.29) is 16.0 Å². The first-order valence-electron chi connectivity index (χ1n) is 15.6. The monoisotopic (exact) mass is 663 g/mol. The van der Waals surface area contributed by atoms with Crippen LogP contribution in [0.4, 0.5) is 39.3 Å². The number of fused-ring (bicyclic) bond motifs is 2. The Hall–Kier alpha value is -4.87. The van der Waals surface area contributed by atoms with Crippen molar-refractivity contribution in [2.75, 3.05) is 35.0 Å². The van der Waals surface area contributed by atoms with E-state index in [0.29, 0.717) is 11.7 Å². The summed E-state index contributed by atoms with van der Waals surface area (Å²) in [7, 11) is 0.704. The summed E-state index contributed by atoms with van der Waals surface area (Å²) >= 11 is 0.908. The Labute approximate surface area is 279 Å². The predicted molar refractivity (Wildman–Crippen MR) is 196 cm³/mol. The first-order chi connectivity index (χ1) is 22.7. The number of nitrogens with one attached hydrogen (secondary N) is 1. The number of hydrogen-bond donors (Lipinski definition) is 1. The normalized spacial score (nSPS) is 12.5. The number of hydrogen-bond acceptors (Lipinski definition) is 10. The van der Waals surface area contributed by atoms with Crippen molar-refractivity contribution in [1.29, 1.82) is 0 Å². The fourth-order valence-electron chi connectivity index (χ4n) is 5.53. The molecule has 9 nitrogen and oxygen atoms in total. The molecule has 240 valence electrons. The molecule has 1 aromatic heterocycles. The summed E-state index contributed by atoms with van der Waals surface area (Å²) < 4.78 is 27.9. The molecule has 0 aliphatic rings. The highest BCUT2D eigenvalue weighted by atomic mass is 32.2. The van der Waals surface area contributed by atoms with Gasteiger partial charge in [-0.05, 0) is 61.9 Å². The molecule has 1 unspecified atom stereocenters. The molecule has 0 bridgehead atoms. The lowest BCUT2D eigenvalue weighted by Gasteiger charge is -2.27. The molecule has 1 atom stereocenters. The number of nitrogens with zero attached hydrogens (tertiary/aromatic N) is 6. The Morgan fingerprint density at radius 2 is 1.30 bits per heavy atom. The summed E-state index contributed by atoms with van der Waals surface area (Å²) in [6.07, 6.45) is 1.05. The fraction of sp³-hybridized carbons (Fsp3) is 0.222. The number of rotatable bonds is 11. The molecule has 0 amide bonds. The van der Waals surface area contributed by atoms with Crippen molar-refractivity contribution in [2.45, 2.75) is 38.4 Å². The first-order valence-corrected chi connectivity index (χ1v) is 18.0. The van der Waals surface area contributed by atoms with Crippen LogP contribution in [0.15, 0.2) is 112 Å². The molecule has 0 aliphatic carbocycles. The van der Waals surface area contributed by atoms with Gasteiger partial charge < -0.3 is 15.1 Å². The van der Waals surface area contributed by atoms with Crippen molar-refractivity contribution in [2.24, 2.45) is 10.2 Å². The molecule has 0 radical (unpaired) electrons. The van der Waals surface area contributed by atoms with Gasteiger partial charge in [0, 0.05) is 81.7 Å². The Kier molecular flexibility index (Phi) is 9.19. The minimum absolute atomic E-state index is 0.0640. The predicted octanol–water partition coefficient (Wildman–Crippen LogP) is 9.80. The van der Waals surface area contributed by atoms with Gasteiger partial charge in [-0.3, -0.25) is 0 Å². The van der Waals surface area contributed by atoms with Gasteiger partial charge in [0.2, 0.25) is 15.0 Å². The molecule has 0 saturated heterocycles. The lowest BCUT2D eigenvalue weighted by molar-refractivity contribution is 0.590. The van der Waals surface area contributed by atoms with Crippen LogP contribution in [0.5, 0.6) is 0 Å². The van der Waals surface area contributed by atoms with E-state index in [0.717, 1.165) is 57.2 Å². The van der Waals surface area contributed by atoms with E-state index in [2.05, 4.69) is 135 Å². The highest BCUT2D eigenvalue weighted by Crippen LogP contribution is 2.41. The Morgan fingerprint density at radius 3 is 1.89 bits per heavy atom. The van der Waals surface area contributed by atoms with Gasteiger partial charge in [-0.25, -0.2) is 8.42 Å². The number of benzene rings is 5. The molecule has 0 aliphatic heterocycles. The summed E-state index contributed by atoms with van der Waals surface area (Å²) in [4.78, 5) is 8.43. The lowest BCUT2D eigenvalue weighted by atomic mass is 10.0. The molecule has 1 N–H and O–H groups in total. The van der Waals surface area contributed by atoms with Gasteiger partial charge in [0.15, 0.2) is 0 Å². The van der Waals surface area contributed by atoms with Crippen molar-refractivity contribution in [3.05, 3.63) is 97.1 Å². The van der Waals surface area contributed by atoms with Gasteiger partial charge in [0.1, 0.15) is 0 Å². The molecule has 1 heterocycles. The minimum atomic E-state index is -3.48. The van der Waals surface area contributed by atoms with Crippen LogP contribution in [0.1, 0.15) is 27.2 Å². The first kappa shape index (κ1) is 32.1. The third kappa shape index (κ3) is 6.54. The average Bonchev–Trinajstić information content (AvgIpc) is 3.60. The molecule has 11 heteroatoms. The molecule has 0 spiro atoms. The van der Waals surface area contributed by atoms with Crippen molar-refractivity contribution >= 4 is 82.2 Å². The second kappa shape index (κ2) is 13.5. The van der Waals surface area contributed by atoms with Crippen molar-refractivity contribution in [3.63, 3.8) is 0 Å². The summed E-state index contributed by atoms with van der Waals surface area (Å²) in [5.41, 5.74) is 6.09. The zero-order chi connectivity index (χ0) is 33.1. The molecular weight excluding hydrogens is 627 g/mol. The summed E-state index contributed by atoms with van der Waals surface area (Å²) in [5.74, 6) is -0.0640. The second-order valence-corrected chi connectivity index (χ2v) is 14.3. The van der Waals surface area contributed by atoms with E-state index in [1.54, 1.807) is 6.92 Å². The van der Waals surface area contributed by atoms with Crippen LogP contribution >= 0.6 is 11.5 Å². The van der Waals surface area contributed by atoms with Crippen LogP contribution in [-0.2, 0) is 9.84 Å². The van der Waals surface area contributed by atoms with E-state index in [1.165, 1.54) is 10.8 Å². The van der Waals surface area contributed by atoms with Crippen molar-refractivity contribution in [3.8, 4) is 0 Å². The topological polar surface area (TPSA) is 103 Å². The molecule has 5 aromatic carbocycles. The van der Waals surface area contributed by atoms with E-state index >= 15 is 0 Å². The largest absolute Gasteiger partial charge is 0.382 e. The third-order valence-corrected chi connectivity index (χ3v) is 10.6. The molecule has 47 heavy (non-hydrogen) atoms. The Bertz CT molecular complexity index is 2180. The number of anilines is 5. The fourth-order valence-corrected chi connectivity index (χ4v) is 7.04. The van der Waals surface area contributed by atoms with Crippen LogP contribution in [0.3, 0.4) is 0 Å². The maximum Gasteiger partial charge on any atom is 0.260 e. The average molecular weight is 664 g/mol. The highest BCUT2D eigenvalue weighted by molar-refractivity contribution is 7.91. The van der Waals surface area contributed by atoms with Gasteiger partial charge in [-0.1, -0.05) is 62.4 Å². The van der Waals surface area contributed by atoms with Crippen LogP contribution in [0.25, 0.3) is 21.5 Å². The second-order valence-electron chi connectivity index (χ2n) is 11.4. The summed E-state index contributed by atoms with van der Waals surface area (Å²) in [5, 5.41) is 16.7. The molecule has 6 aromatic rings. The molecular formula is C36H37N7O2S2. The highest BCUT2D eigenvalue weighted by Gasteiger charge is 2.19. The molecule has 6 rings (SSSR count). The van der Waals surface area contributed by atoms with Gasteiger partial charge in [-0.15, -0.1) is 10.2 Å². The van der Waals surface area contributed by atoms with Gasteiger partial charge in [0.25, 0.3) is 5.16 Å². The van der Waals surface area contributed by atoms with E-state index in [1.807, 2.05) is 24.3 Å². The number of azo groups is 1. The molecule has 0 fully saturated rings. The van der Waals surface area contributed by atoms with Crippen LogP contribution in [0, 0.1) is 0 Å². The summed E-state index contributed by atoms with van der Waals surface area (Å²) in [6.45, 7) is 5.96. The number of aromatic nitrogens is 2. The standard InChI is InChI=1S/C36H37N7O2S2/c1-6-24(3)37-31-20-21-33(28-13-9-8-12-27(28)31)43(5)34-23-22-32(29-14-10-11-15-30(29)34)42(4)26-18-16-25(17-19-26)39-40-35-38-36(41-46-35)47(44,45)7-2/h8-24,37H,6-7H2,1-5H3/b40-39+. The lowest BCUT2D eigenvalue weighted by Crippen LogP contribution is -2.15. The van der Waals surface area contributed by atoms with Gasteiger partial charge >= 0.3 is 0 Å². The van der Waals surface area contributed by atoms with Crippen molar-refractivity contribution in [1.82, 2.24) is 9.36 Å². The number of sulfone groups is 1.